The van der Waals surface area contributed by atoms with Crippen LogP contribution in [0.5, 0.6) is 5.75 Å². The predicted molar refractivity (Wildman–Crippen MR) is 63.9 cm³/mol. The summed E-state index contributed by atoms with van der Waals surface area (Å²) in [5.74, 6) is -0.455. The van der Waals surface area contributed by atoms with E-state index in [1.165, 1.54) is 19.6 Å². The number of hydrogen-bond acceptors (Lipinski definition) is 2. The fourth-order valence-corrected chi connectivity index (χ4v) is 2.44. The molecule has 2 rings (SSSR count). The van der Waals surface area contributed by atoms with Crippen LogP contribution in [0.2, 0.25) is 0 Å². The monoisotopic (exact) mass is 236 g/mol. The van der Waals surface area contributed by atoms with Crippen molar-refractivity contribution in [1.82, 2.24) is 0 Å². The molecule has 0 heterocycles. The standard InChI is InChI=1S/C14H17FO2/c1-17-12-9-5-8-11(13(12)15)14(16)10-6-3-2-4-7-10/h5,8-10H,2-4,6-7H2,1H3. The SMILES string of the molecule is COc1cccc(C(=O)C2CCCCC2)c1F. The molecule has 0 aromatic heterocycles. The second-order valence-corrected chi connectivity index (χ2v) is 4.52. The Morgan fingerprint density at radius 2 is 2.00 bits per heavy atom. The Labute approximate surface area is 101 Å². The molecule has 0 spiro atoms. The molecule has 0 aliphatic heterocycles. The summed E-state index contributed by atoms with van der Waals surface area (Å²) in [5.41, 5.74) is 0.177. The van der Waals surface area contributed by atoms with Gasteiger partial charge in [-0.05, 0) is 25.0 Å². The average molecular weight is 236 g/mol. The lowest BCUT2D eigenvalue weighted by Crippen LogP contribution is -2.19. The summed E-state index contributed by atoms with van der Waals surface area (Å²) >= 11 is 0. The Bertz CT molecular complexity index is 409. The molecule has 0 bridgehead atoms. The van der Waals surface area contributed by atoms with Gasteiger partial charge in [-0.2, -0.15) is 0 Å². The molecule has 1 aromatic rings. The number of rotatable bonds is 3. The number of methoxy groups -OCH3 is 1. The molecule has 0 unspecified atom stereocenters. The Morgan fingerprint density at radius 3 is 2.65 bits per heavy atom. The third kappa shape index (κ3) is 2.48. The van der Waals surface area contributed by atoms with Crippen LogP contribution < -0.4 is 4.74 Å². The predicted octanol–water partition coefficient (Wildman–Crippen LogP) is 3.60. The van der Waals surface area contributed by atoms with Crippen LogP contribution in [0.25, 0.3) is 0 Å². The minimum atomic E-state index is -0.523. The molecule has 1 aliphatic rings. The van der Waals surface area contributed by atoms with Gasteiger partial charge in [0, 0.05) is 5.92 Å². The molecule has 92 valence electrons. The van der Waals surface area contributed by atoms with Gasteiger partial charge in [0.1, 0.15) is 0 Å². The highest BCUT2D eigenvalue weighted by atomic mass is 19.1. The van der Waals surface area contributed by atoms with Gasteiger partial charge in [0.05, 0.1) is 12.7 Å². The largest absolute Gasteiger partial charge is 0.494 e. The summed E-state index contributed by atoms with van der Waals surface area (Å²) in [6.45, 7) is 0. The lowest BCUT2D eigenvalue weighted by atomic mass is 9.84. The number of Topliss-reactive ketones (excluding diaryl/α,β-unsaturated/α-hetero) is 1. The zero-order valence-electron chi connectivity index (χ0n) is 10.0. The lowest BCUT2D eigenvalue weighted by molar-refractivity contribution is 0.0884. The topological polar surface area (TPSA) is 26.3 Å². The van der Waals surface area contributed by atoms with Gasteiger partial charge in [-0.3, -0.25) is 4.79 Å². The molecule has 0 atom stereocenters. The molecule has 2 nitrogen and oxygen atoms in total. The van der Waals surface area contributed by atoms with E-state index in [9.17, 15) is 9.18 Å². The van der Waals surface area contributed by atoms with Crippen molar-refractivity contribution in [2.24, 2.45) is 5.92 Å². The number of benzene rings is 1. The molecule has 0 saturated heterocycles. The molecule has 1 fully saturated rings. The minimum Gasteiger partial charge on any atom is -0.494 e. The van der Waals surface area contributed by atoms with Crippen molar-refractivity contribution in [2.75, 3.05) is 7.11 Å². The summed E-state index contributed by atoms with van der Waals surface area (Å²) in [6.07, 6.45) is 5.10. The van der Waals surface area contributed by atoms with Crippen LogP contribution in [0.1, 0.15) is 42.5 Å². The highest BCUT2D eigenvalue weighted by molar-refractivity contribution is 5.98. The van der Waals surface area contributed by atoms with Gasteiger partial charge in [-0.25, -0.2) is 4.39 Å². The van der Waals surface area contributed by atoms with Crippen molar-refractivity contribution < 1.29 is 13.9 Å². The first-order chi connectivity index (χ1) is 8.24. The van der Waals surface area contributed by atoms with E-state index in [0.29, 0.717) is 0 Å². The molecule has 3 heteroatoms. The van der Waals surface area contributed by atoms with Crippen LogP contribution in [0, 0.1) is 11.7 Å². The van der Waals surface area contributed by atoms with E-state index in [4.69, 9.17) is 4.74 Å². The number of hydrogen-bond donors (Lipinski definition) is 0. The van der Waals surface area contributed by atoms with Crippen LogP contribution in [-0.4, -0.2) is 12.9 Å². The molecule has 0 N–H and O–H groups in total. The molecular formula is C14H17FO2. The number of ketones is 1. The van der Waals surface area contributed by atoms with Crippen LogP contribution in [0.3, 0.4) is 0 Å². The van der Waals surface area contributed by atoms with E-state index in [2.05, 4.69) is 0 Å². The first-order valence-corrected chi connectivity index (χ1v) is 6.10. The first kappa shape index (κ1) is 12.1. The molecule has 0 amide bonds. The normalized spacial score (nSPS) is 16.8. The van der Waals surface area contributed by atoms with Gasteiger partial charge in [0.25, 0.3) is 0 Å². The zero-order valence-corrected chi connectivity index (χ0v) is 10.0. The molecule has 0 radical (unpaired) electrons. The zero-order chi connectivity index (χ0) is 12.3. The maximum absolute atomic E-state index is 13.9. The summed E-state index contributed by atoms with van der Waals surface area (Å²) in [7, 11) is 1.41. The molecule has 17 heavy (non-hydrogen) atoms. The quantitative estimate of drug-likeness (QED) is 0.749. The summed E-state index contributed by atoms with van der Waals surface area (Å²) in [4.78, 5) is 12.2. The minimum absolute atomic E-state index is 0.00893. The third-order valence-corrected chi connectivity index (χ3v) is 3.42. The van der Waals surface area contributed by atoms with E-state index < -0.39 is 5.82 Å². The van der Waals surface area contributed by atoms with Gasteiger partial charge >= 0.3 is 0 Å². The number of carbonyl (C=O) groups excluding carboxylic acids is 1. The third-order valence-electron chi connectivity index (χ3n) is 3.42. The van der Waals surface area contributed by atoms with Gasteiger partial charge in [0.15, 0.2) is 17.3 Å². The van der Waals surface area contributed by atoms with E-state index in [1.807, 2.05) is 0 Å². The van der Waals surface area contributed by atoms with Gasteiger partial charge in [-0.15, -0.1) is 0 Å². The Morgan fingerprint density at radius 1 is 1.29 bits per heavy atom. The second-order valence-electron chi connectivity index (χ2n) is 4.52. The van der Waals surface area contributed by atoms with Crippen molar-refractivity contribution in [3.8, 4) is 5.75 Å². The van der Waals surface area contributed by atoms with Gasteiger partial charge < -0.3 is 4.74 Å². The summed E-state index contributed by atoms with van der Waals surface area (Å²) in [6, 6.07) is 4.75. The van der Waals surface area contributed by atoms with Crippen molar-refractivity contribution >= 4 is 5.78 Å². The number of carbonyl (C=O) groups is 1. The maximum Gasteiger partial charge on any atom is 0.175 e. The highest BCUT2D eigenvalue weighted by Gasteiger charge is 2.25. The highest BCUT2D eigenvalue weighted by Crippen LogP contribution is 2.29. The van der Waals surface area contributed by atoms with Crippen LogP contribution in [-0.2, 0) is 0 Å². The van der Waals surface area contributed by atoms with E-state index >= 15 is 0 Å². The number of ether oxygens (including phenoxy) is 1. The molecule has 1 aliphatic carbocycles. The molecular weight excluding hydrogens is 219 g/mol. The second kappa shape index (κ2) is 5.30. The van der Waals surface area contributed by atoms with Crippen LogP contribution in [0.4, 0.5) is 4.39 Å². The van der Waals surface area contributed by atoms with Crippen molar-refractivity contribution in [3.63, 3.8) is 0 Å². The van der Waals surface area contributed by atoms with Crippen LogP contribution >= 0.6 is 0 Å². The van der Waals surface area contributed by atoms with Crippen LogP contribution in [0.15, 0.2) is 18.2 Å². The maximum atomic E-state index is 13.9. The fraction of sp³-hybridized carbons (Fsp3) is 0.500. The number of halogens is 1. The Kier molecular flexibility index (Phi) is 3.77. The summed E-state index contributed by atoms with van der Waals surface area (Å²) < 4.78 is 18.8. The molecule has 1 aromatic carbocycles. The Hall–Kier alpha value is -1.38. The van der Waals surface area contributed by atoms with E-state index in [-0.39, 0.29) is 23.0 Å². The van der Waals surface area contributed by atoms with Crippen molar-refractivity contribution in [3.05, 3.63) is 29.6 Å². The smallest absolute Gasteiger partial charge is 0.175 e. The van der Waals surface area contributed by atoms with E-state index in [0.717, 1.165) is 25.7 Å². The van der Waals surface area contributed by atoms with Gasteiger partial charge in [-0.1, -0.05) is 25.3 Å². The lowest BCUT2D eigenvalue weighted by Gasteiger charge is -2.20. The first-order valence-electron chi connectivity index (χ1n) is 6.10. The average Bonchev–Trinajstić information content (AvgIpc) is 2.39. The Balaban J connectivity index is 2.23. The fourth-order valence-electron chi connectivity index (χ4n) is 2.44. The van der Waals surface area contributed by atoms with Gasteiger partial charge in [0.2, 0.25) is 0 Å². The van der Waals surface area contributed by atoms with Crippen molar-refractivity contribution in [2.45, 2.75) is 32.1 Å². The van der Waals surface area contributed by atoms with E-state index in [1.54, 1.807) is 12.1 Å². The molecule has 1 saturated carbocycles. The van der Waals surface area contributed by atoms with Crippen molar-refractivity contribution in [1.29, 1.82) is 0 Å². The summed E-state index contributed by atoms with van der Waals surface area (Å²) in [5, 5.41) is 0.